The number of ether oxygens (including phenoxy) is 1. The van der Waals surface area contributed by atoms with E-state index in [2.05, 4.69) is 19.9 Å². The summed E-state index contributed by atoms with van der Waals surface area (Å²) in [6.07, 6.45) is 0. The number of nitrogens with zero attached hydrogens (tertiary/aromatic N) is 1. The molecular weight excluding hydrogens is 244 g/mol. The van der Waals surface area contributed by atoms with Crippen LogP contribution < -0.4 is 10.5 Å². The number of rotatable bonds is 2. The third kappa shape index (κ3) is 1.82. The zero-order valence-electron chi connectivity index (χ0n) is 10.5. The van der Waals surface area contributed by atoms with Crippen molar-refractivity contribution in [2.75, 3.05) is 0 Å². The van der Waals surface area contributed by atoms with Crippen LogP contribution in [-0.2, 0) is 6.61 Å². The molecule has 0 bridgehead atoms. The van der Waals surface area contributed by atoms with Crippen LogP contribution in [0.3, 0.4) is 0 Å². The summed E-state index contributed by atoms with van der Waals surface area (Å²) in [5.41, 5.74) is 8.31. The molecule has 1 aliphatic rings. The fourth-order valence-electron chi connectivity index (χ4n) is 2.04. The molecule has 0 aliphatic carbocycles. The summed E-state index contributed by atoms with van der Waals surface area (Å²) < 4.78 is 5.73. The number of thiazole rings is 1. The number of fused-ring (bicyclic) bond motifs is 3. The average molecular weight is 260 g/mol. The molecule has 1 unspecified atom stereocenters. The molecule has 3 nitrogen and oxygen atoms in total. The molecule has 4 heteroatoms. The third-order valence-electron chi connectivity index (χ3n) is 3.22. The Bertz CT molecular complexity index is 577. The van der Waals surface area contributed by atoms with Crippen LogP contribution in [0.1, 0.15) is 29.8 Å². The molecular formula is C14H16N2OS. The number of aromatic nitrogens is 1. The Morgan fingerprint density at radius 3 is 2.89 bits per heavy atom. The summed E-state index contributed by atoms with van der Waals surface area (Å²) in [6.45, 7) is 4.85. The van der Waals surface area contributed by atoms with E-state index in [4.69, 9.17) is 15.5 Å². The van der Waals surface area contributed by atoms with Crippen molar-refractivity contribution in [1.82, 2.24) is 4.98 Å². The predicted molar refractivity (Wildman–Crippen MR) is 73.6 cm³/mol. The molecule has 1 aromatic carbocycles. The molecule has 2 aromatic rings. The van der Waals surface area contributed by atoms with Gasteiger partial charge in [0.2, 0.25) is 0 Å². The highest BCUT2D eigenvalue weighted by atomic mass is 32.1. The zero-order chi connectivity index (χ0) is 12.7. The number of nitrogens with two attached hydrogens (primary N) is 1. The lowest BCUT2D eigenvalue weighted by molar-refractivity contribution is 0.305. The first-order valence-corrected chi connectivity index (χ1v) is 6.96. The number of para-hydroxylation sites is 1. The number of hydrogen-bond donors (Lipinski definition) is 1. The second kappa shape index (κ2) is 4.37. The van der Waals surface area contributed by atoms with Crippen LogP contribution in [0, 0.1) is 5.92 Å². The first-order valence-electron chi connectivity index (χ1n) is 6.14. The van der Waals surface area contributed by atoms with Gasteiger partial charge in [-0.25, -0.2) is 4.98 Å². The Balaban J connectivity index is 2.07. The van der Waals surface area contributed by atoms with Crippen LogP contribution in [0.25, 0.3) is 11.3 Å². The highest BCUT2D eigenvalue weighted by Gasteiger charge is 2.24. The van der Waals surface area contributed by atoms with Crippen LogP contribution in [0.4, 0.5) is 0 Å². The van der Waals surface area contributed by atoms with Gasteiger partial charge < -0.3 is 10.5 Å². The lowest BCUT2D eigenvalue weighted by atomic mass is 10.1. The molecule has 1 aliphatic heterocycles. The molecule has 2 heterocycles. The van der Waals surface area contributed by atoms with Gasteiger partial charge in [-0.05, 0) is 18.1 Å². The molecule has 1 atom stereocenters. The molecule has 0 radical (unpaired) electrons. The van der Waals surface area contributed by atoms with E-state index >= 15 is 0 Å². The molecule has 0 amide bonds. The van der Waals surface area contributed by atoms with E-state index in [1.54, 1.807) is 11.3 Å². The summed E-state index contributed by atoms with van der Waals surface area (Å²) in [6, 6.07) is 8.04. The summed E-state index contributed by atoms with van der Waals surface area (Å²) in [5.74, 6) is 1.31. The molecule has 94 valence electrons. The molecule has 0 spiro atoms. The van der Waals surface area contributed by atoms with Crippen LogP contribution in [0.5, 0.6) is 5.75 Å². The van der Waals surface area contributed by atoms with Crippen LogP contribution >= 0.6 is 11.3 Å². The second-order valence-electron chi connectivity index (χ2n) is 4.88. The highest BCUT2D eigenvalue weighted by Crippen LogP contribution is 2.40. The van der Waals surface area contributed by atoms with E-state index in [-0.39, 0.29) is 6.04 Å². The van der Waals surface area contributed by atoms with Crippen molar-refractivity contribution in [3.05, 3.63) is 34.2 Å². The summed E-state index contributed by atoms with van der Waals surface area (Å²) in [4.78, 5) is 5.91. The minimum Gasteiger partial charge on any atom is -0.487 e. The monoisotopic (exact) mass is 260 g/mol. The van der Waals surface area contributed by atoms with Gasteiger partial charge in [-0.2, -0.15) is 0 Å². The van der Waals surface area contributed by atoms with Crippen LogP contribution in [0.2, 0.25) is 0 Å². The van der Waals surface area contributed by atoms with Gasteiger partial charge >= 0.3 is 0 Å². The van der Waals surface area contributed by atoms with Crippen molar-refractivity contribution in [2.45, 2.75) is 26.5 Å². The number of hydrogen-bond acceptors (Lipinski definition) is 4. The Morgan fingerprint density at radius 1 is 1.33 bits per heavy atom. The fraction of sp³-hybridized carbons (Fsp3) is 0.357. The van der Waals surface area contributed by atoms with Gasteiger partial charge in [-0.1, -0.05) is 26.0 Å². The smallest absolute Gasteiger partial charge is 0.129 e. The van der Waals surface area contributed by atoms with Crippen LogP contribution in [0.15, 0.2) is 24.3 Å². The van der Waals surface area contributed by atoms with Gasteiger partial charge in [-0.15, -0.1) is 11.3 Å². The van der Waals surface area contributed by atoms with Gasteiger partial charge in [0, 0.05) is 5.56 Å². The first kappa shape index (κ1) is 11.7. The number of benzene rings is 1. The molecule has 0 saturated heterocycles. The van der Waals surface area contributed by atoms with Crippen molar-refractivity contribution in [2.24, 2.45) is 11.7 Å². The minimum atomic E-state index is 0.00719. The largest absolute Gasteiger partial charge is 0.487 e. The summed E-state index contributed by atoms with van der Waals surface area (Å²) >= 11 is 1.67. The maximum Gasteiger partial charge on any atom is 0.129 e. The molecule has 2 N–H and O–H groups in total. The predicted octanol–water partition coefficient (Wildman–Crippen LogP) is 3.36. The molecule has 1 aromatic heterocycles. The van der Waals surface area contributed by atoms with Gasteiger partial charge in [-0.3, -0.25) is 0 Å². The van der Waals surface area contributed by atoms with Gasteiger partial charge in [0.05, 0.1) is 16.6 Å². The minimum absolute atomic E-state index is 0.00719. The van der Waals surface area contributed by atoms with Crippen molar-refractivity contribution >= 4 is 11.3 Å². The third-order valence-corrected chi connectivity index (χ3v) is 4.35. The second-order valence-corrected chi connectivity index (χ2v) is 5.99. The molecule has 0 saturated carbocycles. The van der Waals surface area contributed by atoms with E-state index in [1.807, 2.05) is 18.2 Å². The standard InChI is InChI=1S/C14H16N2OS/c1-8(2)12(15)14-16-13-9-5-3-4-6-10(9)17-7-11(13)18-14/h3-6,8,12H,7,15H2,1-2H3. The topological polar surface area (TPSA) is 48.1 Å². The first-order chi connectivity index (χ1) is 8.66. The van der Waals surface area contributed by atoms with Crippen molar-refractivity contribution < 1.29 is 4.74 Å². The molecule has 3 rings (SSSR count). The highest BCUT2D eigenvalue weighted by molar-refractivity contribution is 7.12. The Kier molecular flexibility index (Phi) is 2.84. The van der Waals surface area contributed by atoms with E-state index in [9.17, 15) is 0 Å². The Labute approximate surface area is 111 Å². The van der Waals surface area contributed by atoms with Gasteiger partial charge in [0.1, 0.15) is 17.4 Å². The molecule has 0 fully saturated rings. The van der Waals surface area contributed by atoms with E-state index in [1.165, 1.54) is 4.88 Å². The normalized spacial score (nSPS) is 14.9. The lowest BCUT2D eigenvalue weighted by Gasteiger charge is -2.15. The van der Waals surface area contributed by atoms with Crippen molar-refractivity contribution in [3.63, 3.8) is 0 Å². The Morgan fingerprint density at radius 2 is 2.11 bits per heavy atom. The summed E-state index contributed by atoms with van der Waals surface area (Å²) in [7, 11) is 0. The molecule has 18 heavy (non-hydrogen) atoms. The Hall–Kier alpha value is -1.39. The fourth-order valence-corrected chi connectivity index (χ4v) is 3.21. The van der Waals surface area contributed by atoms with E-state index in [0.29, 0.717) is 12.5 Å². The quantitative estimate of drug-likeness (QED) is 0.900. The lowest BCUT2D eigenvalue weighted by Crippen LogP contribution is -2.16. The zero-order valence-corrected chi connectivity index (χ0v) is 11.3. The van der Waals surface area contributed by atoms with Crippen molar-refractivity contribution in [1.29, 1.82) is 0 Å². The van der Waals surface area contributed by atoms with Gasteiger partial charge in [0.25, 0.3) is 0 Å². The SMILES string of the molecule is CC(C)C(N)c1nc2c(s1)COc1ccccc1-2. The maximum atomic E-state index is 6.18. The average Bonchev–Trinajstić information content (AvgIpc) is 2.81. The summed E-state index contributed by atoms with van der Waals surface area (Å²) in [5, 5.41) is 1.01. The van der Waals surface area contributed by atoms with E-state index in [0.717, 1.165) is 22.0 Å². The maximum absolute atomic E-state index is 6.18. The van der Waals surface area contributed by atoms with Gasteiger partial charge in [0.15, 0.2) is 0 Å². The van der Waals surface area contributed by atoms with Crippen molar-refractivity contribution in [3.8, 4) is 17.0 Å². The van der Waals surface area contributed by atoms with Crippen LogP contribution in [-0.4, -0.2) is 4.98 Å². The van der Waals surface area contributed by atoms with E-state index < -0.39 is 0 Å².